The van der Waals surface area contributed by atoms with Gasteiger partial charge in [-0.1, -0.05) is 54.6 Å². The maximum atomic E-state index is 9.64. The van der Waals surface area contributed by atoms with Crippen LogP contribution in [0.4, 0.5) is 0 Å². The molecule has 1 heterocycles. The molecule has 1 aliphatic rings. The van der Waals surface area contributed by atoms with Crippen LogP contribution >= 0.6 is 0 Å². The van der Waals surface area contributed by atoms with Gasteiger partial charge in [-0.05, 0) is 65.4 Å². The predicted molar refractivity (Wildman–Crippen MR) is 112 cm³/mol. The summed E-state index contributed by atoms with van der Waals surface area (Å²) in [5, 5.41) is 9.64. The van der Waals surface area contributed by atoms with Crippen molar-refractivity contribution in [3.63, 3.8) is 0 Å². The second-order valence-electron chi connectivity index (χ2n) is 6.95. The molecule has 0 saturated carbocycles. The first-order chi connectivity index (χ1) is 13.8. The molecular formula is C25H24O3. The topological polar surface area (TPSA) is 38.7 Å². The lowest BCUT2D eigenvalue weighted by atomic mass is 9.95. The molecule has 0 aromatic heterocycles. The first-order valence-corrected chi connectivity index (χ1v) is 9.73. The van der Waals surface area contributed by atoms with Crippen molar-refractivity contribution in [3.05, 3.63) is 95.6 Å². The maximum Gasteiger partial charge on any atom is 0.199 e. The zero-order valence-corrected chi connectivity index (χ0v) is 15.8. The van der Waals surface area contributed by atoms with Crippen molar-refractivity contribution in [3.8, 4) is 11.5 Å². The highest BCUT2D eigenvalue weighted by Gasteiger charge is 2.15. The summed E-state index contributed by atoms with van der Waals surface area (Å²) >= 11 is 0. The molecule has 0 amide bonds. The number of hydrogen-bond donors (Lipinski definition) is 1. The van der Waals surface area contributed by atoms with Crippen molar-refractivity contribution >= 4 is 11.6 Å². The Bertz CT molecular complexity index is 906. The van der Waals surface area contributed by atoms with Crippen molar-refractivity contribution in [1.82, 2.24) is 0 Å². The third-order valence-electron chi connectivity index (χ3n) is 4.86. The van der Waals surface area contributed by atoms with Crippen LogP contribution < -0.4 is 4.74 Å². The van der Waals surface area contributed by atoms with Gasteiger partial charge in [-0.3, -0.25) is 0 Å². The minimum absolute atomic E-state index is 0.143. The average molecular weight is 372 g/mol. The van der Waals surface area contributed by atoms with Crippen LogP contribution in [0.15, 0.2) is 78.9 Å². The molecule has 1 fully saturated rings. The Morgan fingerprint density at radius 2 is 1.54 bits per heavy atom. The molecule has 0 aliphatic carbocycles. The standard InChI is InChI=1S/C25H24O3/c26-22-13-9-20(10-14-22)24(18-19-6-2-1-3-7-19)21-11-15-23(16-12-21)28-25-8-4-5-17-27-25/h1-3,6-7,9-16,18,25-26H,4-5,8,17H2/b24-18+. The van der Waals surface area contributed by atoms with Crippen LogP contribution in [0.3, 0.4) is 0 Å². The summed E-state index contributed by atoms with van der Waals surface area (Å²) in [6.45, 7) is 0.771. The molecule has 28 heavy (non-hydrogen) atoms. The number of ether oxygens (including phenoxy) is 2. The van der Waals surface area contributed by atoms with Crippen LogP contribution in [0.1, 0.15) is 36.0 Å². The Labute approximate surface area is 165 Å². The first-order valence-electron chi connectivity index (χ1n) is 9.73. The van der Waals surface area contributed by atoms with Gasteiger partial charge in [0.15, 0.2) is 6.29 Å². The molecule has 1 atom stereocenters. The summed E-state index contributed by atoms with van der Waals surface area (Å²) in [6, 6.07) is 25.7. The third kappa shape index (κ3) is 4.62. The van der Waals surface area contributed by atoms with Gasteiger partial charge in [-0.15, -0.1) is 0 Å². The lowest BCUT2D eigenvalue weighted by Crippen LogP contribution is -2.24. The van der Waals surface area contributed by atoms with E-state index in [0.717, 1.165) is 53.9 Å². The third-order valence-corrected chi connectivity index (χ3v) is 4.86. The highest BCUT2D eigenvalue weighted by Crippen LogP contribution is 2.29. The second kappa shape index (κ2) is 8.77. The van der Waals surface area contributed by atoms with E-state index in [-0.39, 0.29) is 12.0 Å². The van der Waals surface area contributed by atoms with E-state index < -0.39 is 0 Å². The smallest absolute Gasteiger partial charge is 0.199 e. The number of benzene rings is 3. The van der Waals surface area contributed by atoms with Crippen molar-refractivity contribution in [1.29, 1.82) is 0 Å². The van der Waals surface area contributed by atoms with Gasteiger partial charge in [0.1, 0.15) is 11.5 Å². The minimum atomic E-state index is -0.143. The normalized spacial score (nSPS) is 17.3. The van der Waals surface area contributed by atoms with E-state index in [0.29, 0.717) is 0 Å². The van der Waals surface area contributed by atoms with Crippen LogP contribution in [0, 0.1) is 0 Å². The molecule has 0 bridgehead atoms. The molecule has 142 valence electrons. The summed E-state index contributed by atoms with van der Waals surface area (Å²) in [7, 11) is 0. The monoisotopic (exact) mass is 372 g/mol. The Kier molecular flexibility index (Phi) is 5.74. The highest BCUT2D eigenvalue weighted by molar-refractivity contribution is 5.91. The van der Waals surface area contributed by atoms with Crippen LogP contribution in [0.5, 0.6) is 11.5 Å². The van der Waals surface area contributed by atoms with E-state index >= 15 is 0 Å². The van der Waals surface area contributed by atoms with Gasteiger partial charge in [0.05, 0.1) is 6.61 Å². The van der Waals surface area contributed by atoms with E-state index in [1.807, 2.05) is 42.5 Å². The Morgan fingerprint density at radius 1 is 0.857 bits per heavy atom. The SMILES string of the molecule is Oc1ccc(/C(=C\c2ccccc2)c2ccc(OC3CCCCO3)cc2)cc1. The van der Waals surface area contributed by atoms with Gasteiger partial charge in [-0.2, -0.15) is 0 Å². The van der Waals surface area contributed by atoms with Crippen LogP contribution in [0.25, 0.3) is 11.6 Å². The number of hydrogen-bond acceptors (Lipinski definition) is 3. The van der Waals surface area contributed by atoms with Crippen molar-refractivity contribution in [2.75, 3.05) is 6.61 Å². The quantitative estimate of drug-likeness (QED) is 0.568. The van der Waals surface area contributed by atoms with Crippen molar-refractivity contribution in [2.24, 2.45) is 0 Å². The van der Waals surface area contributed by atoms with Gasteiger partial charge in [0.2, 0.25) is 0 Å². The molecule has 0 radical (unpaired) electrons. The van der Waals surface area contributed by atoms with Gasteiger partial charge in [-0.25, -0.2) is 0 Å². The summed E-state index contributed by atoms with van der Waals surface area (Å²) < 4.78 is 11.6. The maximum absolute atomic E-state index is 9.64. The molecule has 1 N–H and O–H groups in total. The zero-order chi connectivity index (χ0) is 19.2. The average Bonchev–Trinajstić information content (AvgIpc) is 2.75. The fraction of sp³-hybridized carbons (Fsp3) is 0.200. The molecule has 4 rings (SSSR count). The molecule has 3 aromatic carbocycles. The Hall–Kier alpha value is -3.04. The molecule has 3 heteroatoms. The van der Waals surface area contributed by atoms with E-state index in [1.54, 1.807) is 12.1 Å². The molecule has 0 spiro atoms. The number of rotatable bonds is 5. The number of phenols is 1. The fourth-order valence-electron chi connectivity index (χ4n) is 3.36. The van der Waals surface area contributed by atoms with Crippen LogP contribution in [-0.2, 0) is 4.74 Å². The second-order valence-corrected chi connectivity index (χ2v) is 6.95. The van der Waals surface area contributed by atoms with E-state index in [1.165, 1.54) is 0 Å². The Morgan fingerprint density at radius 3 is 2.18 bits per heavy atom. The molecular weight excluding hydrogens is 348 g/mol. The summed E-state index contributed by atoms with van der Waals surface area (Å²) in [6.07, 6.45) is 5.21. The van der Waals surface area contributed by atoms with Gasteiger partial charge >= 0.3 is 0 Å². The number of aromatic hydroxyl groups is 1. The van der Waals surface area contributed by atoms with E-state index in [4.69, 9.17) is 9.47 Å². The van der Waals surface area contributed by atoms with Gasteiger partial charge in [0, 0.05) is 6.42 Å². The molecule has 3 aromatic rings. The first kappa shape index (κ1) is 18.3. The fourth-order valence-corrected chi connectivity index (χ4v) is 3.36. The molecule has 3 nitrogen and oxygen atoms in total. The van der Waals surface area contributed by atoms with E-state index in [9.17, 15) is 5.11 Å². The van der Waals surface area contributed by atoms with E-state index in [2.05, 4.69) is 30.3 Å². The van der Waals surface area contributed by atoms with Gasteiger partial charge in [0.25, 0.3) is 0 Å². The van der Waals surface area contributed by atoms with Crippen LogP contribution in [-0.4, -0.2) is 18.0 Å². The van der Waals surface area contributed by atoms with Crippen molar-refractivity contribution in [2.45, 2.75) is 25.6 Å². The summed E-state index contributed by atoms with van der Waals surface area (Å²) in [5.41, 5.74) is 4.35. The molecule has 1 unspecified atom stereocenters. The molecule has 1 aliphatic heterocycles. The predicted octanol–water partition coefficient (Wildman–Crippen LogP) is 5.89. The van der Waals surface area contributed by atoms with Gasteiger partial charge < -0.3 is 14.6 Å². The summed E-state index contributed by atoms with van der Waals surface area (Å²) in [4.78, 5) is 0. The van der Waals surface area contributed by atoms with Crippen molar-refractivity contribution < 1.29 is 14.6 Å². The highest BCUT2D eigenvalue weighted by atomic mass is 16.7. The lowest BCUT2D eigenvalue weighted by Gasteiger charge is -2.23. The zero-order valence-electron chi connectivity index (χ0n) is 15.8. The Balaban J connectivity index is 1.62. The minimum Gasteiger partial charge on any atom is -0.508 e. The molecule has 1 saturated heterocycles. The number of phenolic OH excluding ortho intramolecular Hbond substituents is 1. The lowest BCUT2D eigenvalue weighted by molar-refractivity contribution is -0.105. The largest absolute Gasteiger partial charge is 0.508 e. The van der Waals surface area contributed by atoms with Crippen LogP contribution in [0.2, 0.25) is 0 Å². The summed E-state index contributed by atoms with van der Waals surface area (Å²) in [5.74, 6) is 1.08.